The van der Waals surface area contributed by atoms with E-state index in [-0.39, 0.29) is 0 Å². The van der Waals surface area contributed by atoms with E-state index < -0.39 is 7.26 Å². The Kier molecular flexibility index (Phi) is 6.68. The molecule has 0 aliphatic rings. The third kappa shape index (κ3) is 4.35. The zero-order valence-electron chi connectivity index (χ0n) is 17.3. The molecular formula is C25H27N3OP+. The van der Waals surface area contributed by atoms with Crippen molar-refractivity contribution in [2.24, 2.45) is 0 Å². The Labute approximate surface area is 178 Å². The Morgan fingerprint density at radius 3 is 1.70 bits per heavy atom. The van der Waals surface area contributed by atoms with E-state index in [2.05, 4.69) is 108 Å². The summed E-state index contributed by atoms with van der Waals surface area (Å²) in [6.45, 7) is 4.01. The Balaban J connectivity index is 1.66. The fourth-order valence-electron chi connectivity index (χ4n) is 3.82. The SMILES string of the molecule is CCn1cc(COCC[P+](c2ccccc2)(c2ccccc2)c2ccccc2)nn1. The van der Waals surface area contributed by atoms with Crippen molar-refractivity contribution in [1.82, 2.24) is 15.0 Å². The largest absolute Gasteiger partial charge is 0.371 e. The lowest BCUT2D eigenvalue weighted by atomic mass is 10.4. The van der Waals surface area contributed by atoms with E-state index in [1.54, 1.807) is 0 Å². The van der Waals surface area contributed by atoms with Crippen LogP contribution in [0.25, 0.3) is 0 Å². The zero-order chi connectivity index (χ0) is 20.7. The fraction of sp³-hybridized carbons (Fsp3) is 0.200. The van der Waals surface area contributed by atoms with Crippen molar-refractivity contribution in [3.05, 3.63) is 103 Å². The van der Waals surface area contributed by atoms with Crippen LogP contribution in [0.15, 0.2) is 97.2 Å². The quantitative estimate of drug-likeness (QED) is 0.308. The molecule has 0 radical (unpaired) electrons. The van der Waals surface area contributed by atoms with Crippen LogP contribution in [0.4, 0.5) is 0 Å². The maximum absolute atomic E-state index is 6.11. The first-order valence-electron chi connectivity index (χ1n) is 10.3. The molecule has 1 heterocycles. The first kappa shape index (κ1) is 20.5. The van der Waals surface area contributed by atoms with E-state index in [0.29, 0.717) is 13.2 Å². The number of ether oxygens (including phenoxy) is 1. The van der Waals surface area contributed by atoms with Gasteiger partial charge < -0.3 is 4.74 Å². The van der Waals surface area contributed by atoms with E-state index in [9.17, 15) is 0 Å². The van der Waals surface area contributed by atoms with E-state index in [4.69, 9.17) is 4.74 Å². The van der Waals surface area contributed by atoms with Gasteiger partial charge in [-0.15, -0.1) is 5.10 Å². The molecule has 3 aromatic carbocycles. The number of hydrogen-bond acceptors (Lipinski definition) is 3. The average Bonchev–Trinajstić information content (AvgIpc) is 3.29. The predicted octanol–water partition coefficient (Wildman–Crippen LogP) is 3.81. The number of benzene rings is 3. The van der Waals surface area contributed by atoms with Crippen LogP contribution in [0.5, 0.6) is 0 Å². The van der Waals surface area contributed by atoms with Gasteiger partial charge in [-0.1, -0.05) is 59.8 Å². The van der Waals surface area contributed by atoms with Gasteiger partial charge in [0.25, 0.3) is 0 Å². The lowest BCUT2D eigenvalue weighted by Gasteiger charge is -2.27. The van der Waals surface area contributed by atoms with Gasteiger partial charge >= 0.3 is 0 Å². The highest BCUT2D eigenvalue weighted by Gasteiger charge is 2.44. The number of aromatic nitrogens is 3. The summed E-state index contributed by atoms with van der Waals surface area (Å²) < 4.78 is 7.94. The Morgan fingerprint density at radius 2 is 1.27 bits per heavy atom. The molecule has 0 saturated heterocycles. The molecule has 0 aliphatic heterocycles. The van der Waals surface area contributed by atoms with Gasteiger partial charge in [-0.3, -0.25) is 4.68 Å². The van der Waals surface area contributed by atoms with Crippen LogP contribution >= 0.6 is 7.26 Å². The summed E-state index contributed by atoms with van der Waals surface area (Å²) in [6, 6.07) is 32.7. The molecule has 4 nitrogen and oxygen atoms in total. The maximum atomic E-state index is 6.11. The third-order valence-corrected chi connectivity index (χ3v) is 9.71. The summed E-state index contributed by atoms with van der Waals surface area (Å²) in [5, 5.41) is 12.4. The van der Waals surface area contributed by atoms with E-state index in [0.717, 1.165) is 18.4 Å². The molecule has 152 valence electrons. The van der Waals surface area contributed by atoms with Gasteiger partial charge in [0, 0.05) is 6.54 Å². The molecule has 30 heavy (non-hydrogen) atoms. The van der Waals surface area contributed by atoms with Crippen LogP contribution in [0.1, 0.15) is 12.6 Å². The maximum Gasteiger partial charge on any atom is 0.114 e. The number of rotatable bonds is 9. The summed E-state index contributed by atoms with van der Waals surface area (Å²) in [5.41, 5.74) is 0.875. The third-order valence-electron chi connectivity index (χ3n) is 5.32. The molecule has 1 aromatic heterocycles. The van der Waals surface area contributed by atoms with Crippen LogP contribution in [0.3, 0.4) is 0 Å². The minimum absolute atomic E-state index is 0.484. The van der Waals surface area contributed by atoms with Crippen molar-refractivity contribution in [2.45, 2.75) is 20.1 Å². The minimum atomic E-state index is -1.84. The Hall–Kier alpha value is -2.81. The molecule has 5 heteroatoms. The standard InChI is InChI=1S/C25H27N3OP/c1-2-28-20-22(26-27-28)21-29-18-19-30(23-12-6-3-7-13-23,24-14-8-4-9-15-24)25-16-10-5-11-17-25/h3-17,20H,2,18-19,21H2,1H3/q+1. The monoisotopic (exact) mass is 416 g/mol. The van der Waals surface area contributed by atoms with E-state index >= 15 is 0 Å². The second-order valence-electron chi connectivity index (χ2n) is 7.16. The van der Waals surface area contributed by atoms with Crippen LogP contribution in [0.2, 0.25) is 0 Å². The van der Waals surface area contributed by atoms with Crippen molar-refractivity contribution in [3.8, 4) is 0 Å². The fourth-order valence-corrected chi connectivity index (χ4v) is 7.93. The second kappa shape index (κ2) is 9.80. The summed E-state index contributed by atoms with van der Waals surface area (Å²) >= 11 is 0. The molecule has 0 aliphatic carbocycles. The first-order valence-corrected chi connectivity index (χ1v) is 12.3. The summed E-state index contributed by atoms with van der Waals surface area (Å²) in [4.78, 5) is 0. The normalized spacial score (nSPS) is 11.5. The highest BCUT2D eigenvalue weighted by Crippen LogP contribution is 2.54. The molecule has 0 saturated carbocycles. The number of aryl methyl sites for hydroxylation is 1. The van der Waals surface area contributed by atoms with E-state index in [1.807, 2.05) is 10.9 Å². The Bertz CT molecular complexity index is 939. The highest BCUT2D eigenvalue weighted by atomic mass is 31.2. The topological polar surface area (TPSA) is 39.9 Å². The molecule has 0 atom stereocenters. The second-order valence-corrected chi connectivity index (χ2v) is 10.8. The lowest BCUT2D eigenvalue weighted by Crippen LogP contribution is -2.34. The minimum Gasteiger partial charge on any atom is -0.371 e. The van der Waals surface area contributed by atoms with Crippen LogP contribution in [-0.4, -0.2) is 27.8 Å². The van der Waals surface area contributed by atoms with Gasteiger partial charge in [-0.2, -0.15) is 0 Å². The predicted molar refractivity (Wildman–Crippen MR) is 125 cm³/mol. The van der Waals surface area contributed by atoms with Crippen LogP contribution < -0.4 is 15.9 Å². The van der Waals surface area contributed by atoms with Crippen LogP contribution in [-0.2, 0) is 17.9 Å². The van der Waals surface area contributed by atoms with Gasteiger partial charge in [-0.05, 0) is 43.3 Å². The summed E-state index contributed by atoms with van der Waals surface area (Å²) in [5.74, 6) is 0. The molecular weight excluding hydrogens is 389 g/mol. The average molecular weight is 416 g/mol. The van der Waals surface area contributed by atoms with Crippen molar-refractivity contribution >= 4 is 23.2 Å². The van der Waals surface area contributed by atoms with E-state index in [1.165, 1.54) is 15.9 Å². The highest BCUT2D eigenvalue weighted by molar-refractivity contribution is 7.95. The Morgan fingerprint density at radius 1 is 0.767 bits per heavy atom. The van der Waals surface area contributed by atoms with Crippen molar-refractivity contribution in [1.29, 1.82) is 0 Å². The number of hydrogen-bond donors (Lipinski definition) is 0. The molecule has 0 fully saturated rings. The molecule has 0 amide bonds. The van der Waals surface area contributed by atoms with Gasteiger partial charge in [-0.25, -0.2) is 0 Å². The summed E-state index contributed by atoms with van der Waals surface area (Å²) in [6.07, 6.45) is 2.89. The van der Waals surface area contributed by atoms with Crippen molar-refractivity contribution in [2.75, 3.05) is 12.8 Å². The van der Waals surface area contributed by atoms with Crippen molar-refractivity contribution < 1.29 is 4.74 Å². The smallest absolute Gasteiger partial charge is 0.114 e. The molecule has 4 aromatic rings. The van der Waals surface area contributed by atoms with Gasteiger partial charge in [0.05, 0.1) is 25.6 Å². The lowest BCUT2D eigenvalue weighted by molar-refractivity contribution is 0.133. The molecule has 0 bridgehead atoms. The summed E-state index contributed by atoms with van der Waals surface area (Å²) in [7, 11) is -1.84. The van der Waals surface area contributed by atoms with Gasteiger partial charge in [0.15, 0.2) is 0 Å². The van der Waals surface area contributed by atoms with Gasteiger partial charge in [0.1, 0.15) is 28.9 Å². The molecule has 0 unspecified atom stereocenters. The molecule has 0 spiro atoms. The zero-order valence-corrected chi connectivity index (χ0v) is 18.2. The first-order chi connectivity index (χ1) is 14.8. The van der Waals surface area contributed by atoms with Crippen LogP contribution in [0, 0.1) is 0 Å². The molecule has 0 N–H and O–H groups in total. The van der Waals surface area contributed by atoms with Gasteiger partial charge in [0.2, 0.25) is 0 Å². The number of nitrogens with zero attached hydrogens (tertiary/aromatic N) is 3. The van der Waals surface area contributed by atoms with Crippen molar-refractivity contribution in [3.63, 3.8) is 0 Å². The molecule has 4 rings (SSSR count).